The van der Waals surface area contributed by atoms with Crippen molar-refractivity contribution in [2.24, 2.45) is 0 Å². The largest absolute Gasteiger partial charge is 0.444 e. The third kappa shape index (κ3) is 4.67. The summed E-state index contributed by atoms with van der Waals surface area (Å²) >= 11 is 3.36. The minimum atomic E-state index is -0.471. The van der Waals surface area contributed by atoms with Crippen LogP contribution < -0.4 is 0 Å². The molecule has 1 saturated heterocycles. The van der Waals surface area contributed by atoms with E-state index in [9.17, 15) is 4.79 Å². The second kappa shape index (κ2) is 7.18. The Balaban J connectivity index is 2.09. The van der Waals surface area contributed by atoms with Gasteiger partial charge in [0.25, 0.3) is 0 Å². The number of likely N-dealkylation sites (tertiary alicyclic amines) is 1. The van der Waals surface area contributed by atoms with Crippen molar-refractivity contribution >= 4 is 22.0 Å². The number of hydrogen-bond acceptors (Lipinski definition) is 4. The fraction of sp³-hybridized carbons (Fsp3) is 0.647. The van der Waals surface area contributed by atoms with Gasteiger partial charge in [-0.25, -0.2) is 9.78 Å². The number of carbonyl (C=O) groups excluding carboxylic acids is 1. The zero-order valence-corrected chi connectivity index (χ0v) is 15.9. The van der Waals surface area contributed by atoms with Gasteiger partial charge in [-0.15, -0.1) is 0 Å². The Hall–Kier alpha value is -1.14. The second-order valence-corrected chi connectivity index (χ2v) is 7.58. The van der Waals surface area contributed by atoms with Gasteiger partial charge in [-0.05, 0) is 62.5 Å². The minimum Gasteiger partial charge on any atom is -0.444 e. The van der Waals surface area contributed by atoms with Crippen LogP contribution >= 0.6 is 15.9 Å². The van der Waals surface area contributed by atoms with Crippen LogP contribution in [0, 0.1) is 0 Å². The molecule has 0 bridgehead atoms. The molecule has 0 saturated carbocycles. The second-order valence-electron chi connectivity index (χ2n) is 6.76. The van der Waals surface area contributed by atoms with E-state index in [-0.39, 0.29) is 11.7 Å². The van der Waals surface area contributed by atoms with Crippen molar-refractivity contribution in [3.05, 3.63) is 28.5 Å². The first kappa shape index (κ1) is 18.2. The molecule has 0 aliphatic carbocycles. The molecular weight excluding hydrogens is 360 g/mol. The Labute approximate surface area is 146 Å². The predicted octanol–water partition coefficient (Wildman–Crippen LogP) is 4.11. The fourth-order valence-corrected chi connectivity index (χ4v) is 3.05. The average molecular weight is 385 g/mol. The quantitative estimate of drug-likeness (QED) is 0.735. The summed E-state index contributed by atoms with van der Waals surface area (Å²) < 4.78 is 12.4. The molecule has 0 radical (unpaired) electrons. The van der Waals surface area contributed by atoms with Crippen LogP contribution in [0.15, 0.2) is 22.9 Å². The number of piperidine rings is 1. The smallest absolute Gasteiger partial charge is 0.410 e. The van der Waals surface area contributed by atoms with Crippen LogP contribution in [0.4, 0.5) is 4.79 Å². The number of carbonyl (C=O) groups is 1. The molecule has 1 aromatic heterocycles. The van der Waals surface area contributed by atoms with Gasteiger partial charge in [-0.2, -0.15) is 0 Å². The summed E-state index contributed by atoms with van der Waals surface area (Å²) in [6.45, 7) is 9.50. The van der Waals surface area contributed by atoms with Gasteiger partial charge in [-0.3, -0.25) is 0 Å². The third-order valence-corrected chi connectivity index (χ3v) is 4.37. The number of amides is 1. The van der Waals surface area contributed by atoms with E-state index in [4.69, 9.17) is 9.47 Å². The third-order valence-electron chi connectivity index (χ3n) is 3.90. The van der Waals surface area contributed by atoms with E-state index < -0.39 is 5.60 Å². The summed E-state index contributed by atoms with van der Waals surface area (Å²) in [7, 11) is 0. The SMILES string of the molecule is CCOC1(c2ccc(Br)nc2)CCN(C(=O)OC(C)(C)C)CC1. The Morgan fingerprint density at radius 1 is 1.35 bits per heavy atom. The maximum atomic E-state index is 12.2. The highest BCUT2D eigenvalue weighted by Gasteiger charge is 2.39. The molecule has 6 heteroatoms. The first-order valence-corrected chi connectivity index (χ1v) is 8.79. The molecule has 1 aromatic rings. The number of nitrogens with zero attached hydrogens (tertiary/aromatic N) is 2. The lowest BCUT2D eigenvalue weighted by Gasteiger charge is -2.41. The van der Waals surface area contributed by atoms with Crippen LogP contribution in [0.2, 0.25) is 0 Å². The molecule has 1 aliphatic rings. The van der Waals surface area contributed by atoms with E-state index in [0.717, 1.165) is 23.0 Å². The molecule has 0 unspecified atom stereocenters. The normalized spacial score (nSPS) is 17.9. The van der Waals surface area contributed by atoms with Crippen molar-refractivity contribution in [3.63, 3.8) is 0 Å². The Morgan fingerprint density at radius 2 is 2.00 bits per heavy atom. The van der Waals surface area contributed by atoms with Gasteiger partial charge in [-0.1, -0.05) is 6.07 Å². The van der Waals surface area contributed by atoms with Crippen LogP contribution in [0.3, 0.4) is 0 Å². The lowest BCUT2D eigenvalue weighted by Crippen LogP contribution is -2.48. The average Bonchev–Trinajstić information content (AvgIpc) is 2.47. The molecule has 128 valence electrons. The number of rotatable bonds is 3. The summed E-state index contributed by atoms with van der Waals surface area (Å²) in [4.78, 5) is 18.3. The van der Waals surface area contributed by atoms with Gasteiger partial charge in [0.2, 0.25) is 0 Å². The van der Waals surface area contributed by atoms with E-state index in [0.29, 0.717) is 19.7 Å². The van der Waals surface area contributed by atoms with Crippen molar-refractivity contribution in [1.29, 1.82) is 0 Å². The van der Waals surface area contributed by atoms with Gasteiger partial charge in [0.1, 0.15) is 10.2 Å². The topological polar surface area (TPSA) is 51.7 Å². The summed E-state index contributed by atoms with van der Waals surface area (Å²) in [6.07, 6.45) is 3.08. The lowest BCUT2D eigenvalue weighted by molar-refractivity contribution is -0.0857. The molecule has 1 fully saturated rings. The number of hydrogen-bond donors (Lipinski definition) is 0. The molecule has 23 heavy (non-hydrogen) atoms. The van der Waals surface area contributed by atoms with Gasteiger partial charge < -0.3 is 14.4 Å². The summed E-state index contributed by atoms with van der Waals surface area (Å²) in [5.41, 5.74) is 0.216. The summed E-state index contributed by atoms with van der Waals surface area (Å²) in [6, 6.07) is 3.96. The summed E-state index contributed by atoms with van der Waals surface area (Å²) in [5.74, 6) is 0. The molecule has 0 atom stereocenters. The van der Waals surface area contributed by atoms with Crippen molar-refractivity contribution in [1.82, 2.24) is 9.88 Å². The molecule has 0 N–H and O–H groups in total. The Kier molecular flexibility index (Phi) is 5.68. The van der Waals surface area contributed by atoms with Crippen molar-refractivity contribution in [2.45, 2.75) is 51.7 Å². The molecule has 2 heterocycles. The van der Waals surface area contributed by atoms with Crippen molar-refractivity contribution < 1.29 is 14.3 Å². The highest BCUT2D eigenvalue weighted by molar-refractivity contribution is 9.10. The molecule has 1 aliphatic heterocycles. The molecule has 5 nitrogen and oxygen atoms in total. The molecule has 2 rings (SSSR count). The fourth-order valence-electron chi connectivity index (χ4n) is 2.81. The number of halogens is 1. The zero-order chi connectivity index (χ0) is 17.1. The van der Waals surface area contributed by atoms with E-state index in [1.54, 1.807) is 4.90 Å². The molecule has 0 aromatic carbocycles. The maximum Gasteiger partial charge on any atom is 0.410 e. The van der Waals surface area contributed by atoms with Crippen LogP contribution in [-0.4, -0.2) is 41.3 Å². The van der Waals surface area contributed by atoms with E-state index in [1.807, 2.05) is 46.0 Å². The van der Waals surface area contributed by atoms with Gasteiger partial charge in [0.15, 0.2) is 0 Å². The monoisotopic (exact) mass is 384 g/mol. The molecule has 1 amide bonds. The van der Waals surface area contributed by atoms with Crippen molar-refractivity contribution in [2.75, 3.05) is 19.7 Å². The predicted molar refractivity (Wildman–Crippen MR) is 92.3 cm³/mol. The van der Waals surface area contributed by atoms with Gasteiger partial charge in [0, 0.05) is 31.5 Å². The highest BCUT2D eigenvalue weighted by Crippen LogP contribution is 2.37. The molecule has 0 spiro atoms. The van der Waals surface area contributed by atoms with Crippen LogP contribution in [0.5, 0.6) is 0 Å². The Bertz CT molecular complexity index is 532. The van der Waals surface area contributed by atoms with Crippen LogP contribution in [0.1, 0.15) is 46.1 Å². The number of ether oxygens (including phenoxy) is 2. The highest BCUT2D eigenvalue weighted by atomic mass is 79.9. The minimum absolute atomic E-state index is 0.253. The standard InChI is InChI=1S/C17H25BrN2O3/c1-5-22-17(13-6-7-14(18)19-12-13)8-10-20(11-9-17)15(21)23-16(2,3)4/h6-7,12H,5,8-11H2,1-4H3. The van der Waals surface area contributed by atoms with Crippen LogP contribution in [0.25, 0.3) is 0 Å². The number of pyridine rings is 1. The van der Waals surface area contributed by atoms with E-state index >= 15 is 0 Å². The van der Waals surface area contributed by atoms with Gasteiger partial charge in [0.05, 0.1) is 5.60 Å². The number of aromatic nitrogens is 1. The lowest BCUT2D eigenvalue weighted by atomic mass is 9.85. The van der Waals surface area contributed by atoms with Crippen LogP contribution in [-0.2, 0) is 15.1 Å². The van der Waals surface area contributed by atoms with E-state index in [2.05, 4.69) is 20.9 Å². The Morgan fingerprint density at radius 3 is 2.48 bits per heavy atom. The first-order chi connectivity index (χ1) is 10.8. The zero-order valence-electron chi connectivity index (χ0n) is 14.3. The maximum absolute atomic E-state index is 12.2. The van der Waals surface area contributed by atoms with Gasteiger partial charge >= 0.3 is 6.09 Å². The van der Waals surface area contributed by atoms with Crippen molar-refractivity contribution in [3.8, 4) is 0 Å². The summed E-state index contributed by atoms with van der Waals surface area (Å²) in [5, 5.41) is 0. The van der Waals surface area contributed by atoms with E-state index in [1.165, 1.54) is 0 Å². The first-order valence-electron chi connectivity index (χ1n) is 8.00. The molecular formula is C17H25BrN2O3.